The van der Waals surface area contributed by atoms with E-state index in [1.807, 2.05) is 42.5 Å². The van der Waals surface area contributed by atoms with E-state index in [2.05, 4.69) is 0 Å². The Bertz CT molecular complexity index is 569. The average molecular weight is 287 g/mol. The quantitative estimate of drug-likeness (QED) is 0.631. The molecule has 0 unspecified atom stereocenters. The van der Waals surface area contributed by atoms with Crippen molar-refractivity contribution in [3.8, 4) is 0 Å². The topological polar surface area (TPSA) is 55.8 Å². The second kappa shape index (κ2) is 5.60. The number of amides is 1. The normalized spacial score (nSPS) is 26.0. The zero-order valence-corrected chi connectivity index (χ0v) is 11.8. The first kappa shape index (κ1) is 13.7. The summed E-state index contributed by atoms with van der Waals surface area (Å²) in [5.74, 6) is -0.352. The number of esters is 1. The van der Waals surface area contributed by atoms with Crippen molar-refractivity contribution in [2.75, 3.05) is 7.11 Å². The fraction of sp³-hybridized carbons (Fsp3) is 0.375. The Kier molecular flexibility index (Phi) is 3.64. The van der Waals surface area contributed by atoms with Gasteiger partial charge in [-0.2, -0.15) is 0 Å². The van der Waals surface area contributed by atoms with Crippen molar-refractivity contribution < 1.29 is 19.1 Å². The summed E-state index contributed by atoms with van der Waals surface area (Å²) in [6.45, 7) is 0.200. The molecule has 0 saturated carbocycles. The predicted molar refractivity (Wildman–Crippen MR) is 75.3 cm³/mol. The molecule has 1 fully saturated rings. The van der Waals surface area contributed by atoms with Crippen molar-refractivity contribution in [3.05, 3.63) is 48.0 Å². The Hall–Kier alpha value is -2.30. The first-order chi connectivity index (χ1) is 10.2. The lowest BCUT2D eigenvalue weighted by Crippen LogP contribution is -2.48. The van der Waals surface area contributed by atoms with Crippen LogP contribution in [0.1, 0.15) is 12.0 Å². The Balaban J connectivity index is 1.68. The smallest absolute Gasteiger partial charge is 0.411 e. The molecule has 0 spiro atoms. The van der Waals surface area contributed by atoms with Crippen LogP contribution in [-0.4, -0.2) is 36.2 Å². The third kappa shape index (κ3) is 2.51. The zero-order chi connectivity index (χ0) is 14.8. The molecule has 3 rings (SSSR count). The molecule has 1 saturated heterocycles. The van der Waals surface area contributed by atoms with Gasteiger partial charge in [0.2, 0.25) is 0 Å². The lowest BCUT2D eigenvalue weighted by molar-refractivity contribution is -0.146. The number of benzene rings is 1. The summed E-state index contributed by atoms with van der Waals surface area (Å²) in [5, 5.41) is 0. The van der Waals surface area contributed by atoms with E-state index in [0.29, 0.717) is 0 Å². The summed E-state index contributed by atoms with van der Waals surface area (Å²) in [4.78, 5) is 25.7. The molecule has 5 nitrogen and oxygen atoms in total. The third-order valence-electron chi connectivity index (χ3n) is 4.02. The number of hydrogen-bond acceptors (Lipinski definition) is 4. The van der Waals surface area contributed by atoms with Gasteiger partial charge in [0, 0.05) is 5.92 Å². The molecule has 2 aliphatic rings. The first-order valence-electron chi connectivity index (χ1n) is 6.96. The fourth-order valence-electron chi connectivity index (χ4n) is 3.01. The summed E-state index contributed by atoms with van der Waals surface area (Å²) in [5.41, 5.74) is 0.917. The molecular weight excluding hydrogens is 270 g/mol. The van der Waals surface area contributed by atoms with Crippen LogP contribution in [0.25, 0.3) is 0 Å². The fourth-order valence-corrected chi connectivity index (χ4v) is 3.01. The molecule has 110 valence electrons. The van der Waals surface area contributed by atoms with E-state index in [-0.39, 0.29) is 24.5 Å². The van der Waals surface area contributed by atoms with Gasteiger partial charge in [-0.1, -0.05) is 42.5 Å². The lowest BCUT2D eigenvalue weighted by Gasteiger charge is -2.29. The van der Waals surface area contributed by atoms with E-state index in [9.17, 15) is 9.59 Å². The van der Waals surface area contributed by atoms with Crippen molar-refractivity contribution in [1.29, 1.82) is 0 Å². The van der Waals surface area contributed by atoms with Gasteiger partial charge in [0.1, 0.15) is 12.6 Å². The standard InChI is InChI=1S/C16H17NO4/c1-20-15(18)14-12-7-8-13(9-12)17(14)16(19)21-10-11-5-3-2-4-6-11/h2-8,12-14H,9-10H2,1H3/t12-,13+,14+/m1/s1. The van der Waals surface area contributed by atoms with Crippen molar-refractivity contribution in [1.82, 2.24) is 4.90 Å². The number of carbonyl (C=O) groups excluding carboxylic acids is 2. The van der Waals surface area contributed by atoms with E-state index in [1.54, 1.807) is 0 Å². The zero-order valence-electron chi connectivity index (χ0n) is 11.8. The summed E-state index contributed by atoms with van der Waals surface area (Å²) in [6, 6.07) is 8.84. The van der Waals surface area contributed by atoms with Crippen LogP contribution in [0.3, 0.4) is 0 Å². The summed E-state index contributed by atoms with van der Waals surface area (Å²) in [7, 11) is 1.34. The largest absolute Gasteiger partial charge is 0.467 e. The van der Waals surface area contributed by atoms with Gasteiger partial charge in [-0.15, -0.1) is 0 Å². The number of carbonyl (C=O) groups is 2. The van der Waals surface area contributed by atoms with Crippen molar-refractivity contribution in [3.63, 3.8) is 0 Å². The van der Waals surface area contributed by atoms with Gasteiger partial charge in [-0.05, 0) is 12.0 Å². The number of nitrogens with zero attached hydrogens (tertiary/aromatic N) is 1. The van der Waals surface area contributed by atoms with Crippen LogP contribution in [0.4, 0.5) is 4.79 Å². The van der Waals surface area contributed by atoms with Crippen LogP contribution >= 0.6 is 0 Å². The molecule has 5 heteroatoms. The Morgan fingerprint density at radius 2 is 2.00 bits per heavy atom. The van der Waals surface area contributed by atoms with Crippen LogP contribution < -0.4 is 0 Å². The average Bonchev–Trinajstić information content (AvgIpc) is 3.13. The van der Waals surface area contributed by atoms with E-state index >= 15 is 0 Å². The highest BCUT2D eigenvalue weighted by Gasteiger charge is 2.50. The molecule has 1 amide bonds. The Labute approximate surface area is 123 Å². The van der Waals surface area contributed by atoms with Gasteiger partial charge < -0.3 is 9.47 Å². The molecule has 1 aromatic carbocycles. The van der Waals surface area contributed by atoms with E-state index < -0.39 is 12.1 Å². The molecular formula is C16H17NO4. The van der Waals surface area contributed by atoms with Gasteiger partial charge in [0.05, 0.1) is 13.2 Å². The molecule has 21 heavy (non-hydrogen) atoms. The number of likely N-dealkylation sites (tertiary alicyclic amines) is 1. The summed E-state index contributed by atoms with van der Waals surface area (Å²) in [6.07, 6.45) is 4.23. The molecule has 1 aromatic rings. The highest BCUT2D eigenvalue weighted by atomic mass is 16.6. The maximum absolute atomic E-state index is 12.3. The third-order valence-corrected chi connectivity index (χ3v) is 4.02. The Morgan fingerprint density at radius 3 is 2.71 bits per heavy atom. The molecule has 0 N–H and O–H groups in total. The molecule has 2 bridgehead atoms. The van der Waals surface area contributed by atoms with Crippen LogP contribution in [0.2, 0.25) is 0 Å². The number of hydrogen-bond donors (Lipinski definition) is 0. The number of ether oxygens (including phenoxy) is 2. The van der Waals surface area contributed by atoms with Gasteiger partial charge in [0.25, 0.3) is 0 Å². The number of fused-ring (bicyclic) bond motifs is 2. The second-order valence-corrected chi connectivity index (χ2v) is 5.27. The molecule has 1 heterocycles. The molecule has 1 aliphatic heterocycles. The van der Waals surface area contributed by atoms with Crippen LogP contribution in [0.15, 0.2) is 42.5 Å². The van der Waals surface area contributed by atoms with Crippen LogP contribution in [-0.2, 0) is 20.9 Å². The predicted octanol–water partition coefficient (Wildman–Crippen LogP) is 2.13. The summed E-state index contributed by atoms with van der Waals surface area (Å²) < 4.78 is 10.1. The molecule has 0 radical (unpaired) electrons. The van der Waals surface area contributed by atoms with Gasteiger partial charge in [-0.3, -0.25) is 4.90 Å². The first-order valence-corrected chi connectivity index (χ1v) is 6.96. The maximum Gasteiger partial charge on any atom is 0.411 e. The van der Waals surface area contributed by atoms with Gasteiger partial charge in [-0.25, -0.2) is 9.59 Å². The minimum absolute atomic E-state index is 0.0340. The van der Waals surface area contributed by atoms with Crippen molar-refractivity contribution in [2.24, 2.45) is 5.92 Å². The minimum atomic E-state index is -0.562. The molecule has 1 aliphatic carbocycles. The van der Waals surface area contributed by atoms with Crippen molar-refractivity contribution >= 4 is 12.1 Å². The monoisotopic (exact) mass is 287 g/mol. The van der Waals surface area contributed by atoms with Crippen LogP contribution in [0, 0.1) is 5.92 Å². The van der Waals surface area contributed by atoms with Gasteiger partial charge in [0.15, 0.2) is 0 Å². The lowest BCUT2D eigenvalue weighted by atomic mass is 10.0. The summed E-state index contributed by atoms with van der Waals surface area (Å²) >= 11 is 0. The minimum Gasteiger partial charge on any atom is -0.467 e. The van der Waals surface area contributed by atoms with Crippen LogP contribution in [0.5, 0.6) is 0 Å². The number of methoxy groups -OCH3 is 1. The maximum atomic E-state index is 12.3. The van der Waals surface area contributed by atoms with E-state index in [0.717, 1.165) is 12.0 Å². The highest BCUT2D eigenvalue weighted by molar-refractivity contribution is 5.84. The van der Waals surface area contributed by atoms with E-state index in [1.165, 1.54) is 12.0 Å². The van der Waals surface area contributed by atoms with Gasteiger partial charge >= 0.3 is 12.1 Å². The van der Waals surface area contributed by atoms with E-state index in [4.69, 9.17) is 9.47 Å². The highest BCUT2D eigenvalue weighted by Crippen LogP contribution is 2.38. The SMILES string of the molecule is COC(=O)[C@@H]1[C@@H]2C=C[C@@H](C2)N1C(=O)OCc1ccccc1. The molecule has 3 atom stereocenters. The second-order valence-electron chi connectivity index (χ2n) is 5.27. The van der Waals surface area contributed by atoms with Crippen molar-refractivity contribution in [2.45, 2.75) is 25.1 Å². The Morgan fingerprint density at radius 1 is 1.24 bits per heavy atom. The molecule has 0 aromatic heterocycles. The number of rotatable bonds is 3.